The van der Waals surface area contributed by atoms with Gasteiger partial charge in [0.2, 0.25) is 0 Å². The first-order chi connectivity index (χ1) is 14.9. The maximum Gasteiger partial charge on any atom is 0.347 e. The number of rotatable bonds is 12. The lowest BCUT2D eigenvalue weighted by atomic mass is 10.1. The molecule has 0 fully saturated rings. The maximum atomic E-state index is 11.6. The van der Waals surface area contributed by atoms with E-state index in [9.17, 15) is 9.59 Å². The Morgan fingerprint density at radius 2 is 1.87 bits per heavy atom. The molecule has 1 unspecified atom stereocenters. The van der Waals surface area contributed by atoms with Crippen molar-refractivity contribution in [2.45, 2.75) is 58.5 Å². The molecule has 6 heteroatoms. The predicted molar refractivity (Wildman–Crippen MR) is 121 cm³/mol. The Bertz CT molecular complexity index is 828. The minimum atomic E-state index is -0.562. The van der Waals surface area contributed by atoms with E-state index in [-0.39, 0.29) is 5.57 Å². The highest BCUT2D eigenvalue weighted by atomic mass is 16.5. The number of methoxy groups -OCH3 is 2. The van der Waals surface area contributed by atoms with Crippen LogP contribution in [0.5, 0.6) is 11.5 Å². The van der Waals surface area contributed by atoms with Gasteiger partial charge >= 0.3 is 11.9 Å². The Morgan fingerprint density at radius 1 is 1.13 bits per heavy atom. The first kappa shape index (κ1) is 25.8. The van der Waals surface area contributed by atoms with Crippen molar-refractivity contribution in [3.05, 3.63) is 42.0 Å². The quantitative estimate of drug-likeness (QED) is 0.200. The van der Waals surface area contributed by atoms with Crippen molar-refractivity contribution < 1.29 is 28.5 Å². The third-order valence-corrected chi connectivity index (χ3v) is 4.35. The highest BCUT2D eigenvalue weighted by molar-refractivity contribution is 5.87. The van der Waals surface area contributed by atoms with E-state index in [0.29, 0.717) is 17.9 Å². The summed E-state index contributed by atoms with van der Waals surface area (Å²) in [6.07, 6.45) is 11.2. The van der Waals surface area contributed by atoms with Gasteiger partial charge in [0.15, 0.2) is 17.6 Å². The van der Waals surface area contributed by atoms with Gasteiger partial charge in [0.25, 0.3) is 0 Å². The molecule has 0 aliphatic carbocycles. The number of hydrogen-bond donors (Lipinski definition) is 0. The first-order valence-electron chi connectivity index (χ1n) is 10.4. The van der Waals surface area contributed by atoms with Crippen LogP contribution in [0.15, 0.2) is 36.4 Å². The van der Waals surface area contributed by atoms with E-state index in [4.69, 9.17) is 14.2 Å². The molecule has 0 heterocycles. The zero-order valence-electron chi connectivity index (χ0n) is 18.9. The third kappa shape index (κ3) is 10.4. The van der Waals surface area contributed by atoms with Crippen LogP contribution < -0.4 is 9.47 Å². The lowest BCUT2D eigenvalue weighted by Crippen LogP contribution is -2.15. The number of carbonyl (C=O) groups is 2. The van der Waals surface area contributed by atoms with Gasteiger partial charge in [-0.25, -0.2) is 9.59 Å². The van der Waals surface area contributed by atoms with Gasteiger partial charge in [-0.2, -0.15) is 0 Å². The summed E-state index contributed by atoms with van der Waals surface area (Å²) >= 11 is 0. The van der Waals surface area contributed by atoms with Crippen LogP contribution in [0.2, 0.25) is 0 Å². The van der Waals surface area contributed by atoms with E-state index in [1.165, 1.54) is 33.1 Å². The zero-order chi connectivity index (χ0) is 23.1. The Hall–Kier alpha value is -3.20. The number of benzene rings is 1. The summed E-state index contributed by atoms with van der Waals surface area (Å²) in [5.74, 6) is 2.88. The lowest BCUT2D eigenvalue weighted by Gasteiger charge is -2.16. The fourth-order valence-corrected chi connectivity index (χ4v) is 2.59. The average Bonchev–Trinajstić information content (AvgIpc) is 2.77. The normalized spacial score (nSPS) is 11.2. The fourth-order valence-electron chi connectivity index (χ4n) is 2.59. The highest BCUT2D eigenvalue weighted by Crippen LogP contribution is 2.30. The standard InChI is InChI=1S/C25H32O6/c1-6-7-8-9-10-11-21(16-17-30-25(27)19(2)3)31-22-14-12-20(18-23(22)28-4)13-15-24(26)29-5/h12-15,18,21H,2,6-11H2,1,3-5H3/b15-13+. The van der Waals surface area contributed by atoms with Crippen molar-refractivity contribution in [1.82, 2.24) is 0 Å². The van der Waals surface area contributed by atoms with Crippen LogP contribution in [0.25, 0.3) is 6.08 Å². The van der Waals surface area contributed by atoms with Gasteiger partial charge in [-0.15, -0.1) is 0 Å². The molecule has 0 saturated heterocycles. The summed E-state index contributed by atoms with van der Waals surface area (Å²) in [7, 11) is 2.86. The monoisotopic (exact) mass is 428 g/mol. The Labute approximate surface area is 185 Å². The molecule has 0 bridgehead atoms. The van der Waals surface area contributed by atoms with Gasteiger partial charge in [-0.3, -0.25) is 0 Å². The number of hydrogen-bond acceptors (Lipinski definition) is 6. The van der Waals surface area contributed by atoms with E-state index >= 15 is 0 Å². The predicted octanol–water partition coefficient (Wildman–Crippen LogP) is 5.07. The van der Waals surface area contributed by atoms with Crippen molar-refractivity contribution >= 4 is 18.0 Å². The fraction of sp³-hybridized carbons (Fsp3) is 0.440. The average molecular weight is 429 g/mol. The van der Waals surface area contributed by atoms with Crippen LogP contribution >= 0.6 is 0 Å². The van der Waals surface area contributed by atoms with Crippen molar-refractivity contribution in [1.29, 1.82) is 0 Å². The molecule has 0 saturated carbocycles. The highest BCUT2D eigenvalue weighted by Gasteiger charge is 2.13. The molecule has 1 atom stereocenters. The summed E-state index contributed by atoms with van der Waals surface area (Å²) in [6.45, 7) is 7.27. The van der Waals surface area contributed by atoms with Crippen LogP contribution in [0.4, 0.5) is 0 Å². The molecule has 31 heavy (non-hydrogen) atoms. The van der Waals surface area contributed by atoms with Crippen molar-refractivity contribution in [2.75, 3.05) is 14.2 Å². The minimum Gasteiger partial charge on any atom is -0.493 e. The van der Waals surface area contributed by atoms with Crippen LogP contribution in [0.1, 0.15) is 57.9 Å². The van der Waals surface area contributed by atoms with Gasteiger partial charge in [0.1, 0.15) is 6.11 Å². The van der Waals surface area contributed by atoms with Crippen molar-refractivity contribution in [3.63, 3.8) is 0 Å². The molecule has 0 aromatic heterocycles. The molecule has 1 aromatic rings. The summed E-state index contributed by atoms with van der Waals surface area (Å²) in [4.78, 5) is 22.8. The summed E-state index contributed by atoms with van der Waals surface area (Å²) in [6, 6.07) is 5.30. The second kappa shape index (κ2) is 14.7. The molecule has 0 aliphatic rings. The van der Waals surface area contributed by atoms with Crippen LogP contribution in [0, 0.1) is 12.0 Å². The van der Waals surface area contributed by atoms with E-state index in [0.717, 1.165) is 24.8 Å². The van der Waals surface area contributed by atoms with Crippen molar-refractivity contribution in [3.8, 4) is 23.5 Å². The van der Waals surface area contributed by atoms with Gasteiger partial charge in [0.05, 0.1) is 14.2 Å². The Morgan fingerprint density at radius 3 is 2.52 bits per heavy atom. The molecule has 0 aliphatic heterocycles. The molecule has 0 radical (unpaired) electrons. The van der Waals surface area contributed by atoms with Crippen LogP contribution in [0.3, 0.4) is 0 Å². The lowest BCUT2D eigenvalue weighted by molar-refractivity contribution is -0.135. The number of ether oxygens (including phenoxy) is 4. The van der Waals surface area contributed by atoms with Gasteiger partial charge in [0, 0.05) is 11.6 Å². The van der Waals surface area contributed by atoms with Gasteiger partial charge in [-0.05, 0) is 49.5 Å². The van der Waals surface area contributed by atoms with E-state index < -0.39 is 18.0 Å². The SMILES string of the molecule is C=C(C)C(=O)OC#CC(CCCCCCC)Oc1ccc(/C=C/C(=O)OC)cc1OC. The smallest absolute Gasteiger partial charge is 0.347 e. The first-order valence-corrected chi connectivity index (χ1v) is 10.4. The molecule has 6 nitrogen and oxygen atoms in total. The molecule has 0 spiro atoms. The van der Waals surface area contributed by atoms with E-state index in [2.05, 4.69) is 30.3 Å². The third-order valence-electron chi connectivity index (χ3n) is 4.35. The molecule has 1 rings (SSSR count). The van der Waals surface area contributed by atoms with E-state index in [1.54, 1.807) is 31.2 Å². The second-order valence-electron chi connectivity index (χ2n) is 6.99. The van der Waals surface area contributed by atoms with Crippen LogP contribution in [-0.2, 0) is 19.1 Å². The Balaban J connectivity index is 2.93. The topological polar surface area (TPSA) is 71.1 Å². The van der Waals surface area contributed by atoms with Gasteiger partial charge < -0.3 is 18.9 Å². The van der Waals surface area contributed by atoms with Crippen molar-refractivity contribution in [2.24, 2.45) is 0 Å². The molecular weight excluding hydrogens is 396 g/mol. The number of carbonyl (C=O) groups excluding carboxylic acids is 2. The summed E-state index contributed by atoms with van der Waals surface area (Å²) < 4.78 is 21.0. The number of esters is 2. The largest absolute Gasteiger partial charge is 0.493 e. The summed E-state index contributed by atoms with van der Waals surface area (Å²) in [5.41, 5.74) is 1.04. The minimum absolute atomic E-state index is 0.281. The molecule has 0 amide bonds. The van der Waals surface area contributed by atoms with Crippen LogP contribution in [-0.4, -0.2) is 32.3 Å². The molecule has 168 valence electrons. The maximum absolute atomic E-state index is 11.6. The molecular formula is C25H32O6. The van der Waals surface area contributed by atoms with Gasteiger partial charge in [-0.1, -0.05) is 45.3 Å². The second-order valence-corrected chi connectivity index (χ2v) is 6.99. The molecule has 0 N–H and O–H groups in total. The zero-order valence-corrected chi connectivity index (χ0v) is 18.9. The van der Waals surface area contributed by atoms with E-state index in [1.807, 2.05) is 0 Å². The summed E-state index contributed by atoms with van der Waals surface area (Å²) in [5, 5.41) is 0. The molecule has 1 aromatic carbocycles. The number of unbranched alkanes of at least 4 members (excludes halogenated alkanes) is 4. The Kier molecular flexibility index (Phi) is 12.3.